The van der Waals surface area contributed by atoms with Crippen molar-refractivity contribution in [1.82, 2.24) is 19.7 Å². The van der Waals surface area contributed by atoms with Gasteiger partial charge in [-0.3, -0.25) is 9.59 Å². The summed E-state index contributed by atoms with van der Waals surface area (Å²) in [5, 5.41) is 15.5. The van der Waals surface area contributed by atoms with Crippen molar-refractivity contribution in [3.63, 3.8) is 0 Å². The number of benzene rings is 1. The van der Waals surface area contributed by atoms with Gasteiger partial charge in [-0.05, 0) is 49.6 Å². The zero-order chi connectivity index (χ0) is 21.8. The lowest BCUT2D eigenvalue weighted by Crippen LogP contribution is -2.18. The molecule has 0 fully saturated rings. The number of carbonyl (C=O) groups is 2. The number of carbonyl (C=O) groups excluding carboxylic acids is 2. The minimum atomic E-state index is -0.378. The van der Waals surface area contributed by atoms with Crippen molar-refractivity contribution in [2.24, 2.45) is 0 Å². The molecule has 0 bridgehead atoms. The van der Waals surface area contributed by atoms with Crippen molar-refractivity contribution < 1.29 is 9.59 Å². The molecule has 0 saturated carbocycles. The number of para-hydroxylation sites is 1. The van der Waals surface area contributed by atoms with Crippen molar-refractivity contribution in [3.8, 4) is 11.5 Å². The largest absolute Gasteiger partial charge is 0.321 e. The van der Waals surface area contributed by atoms with Gasteiger partial charge < -0.3 is 15.2 Å². The van der Waals surface area contributed by atoms with Crippen LogP contribution in [0.3, 0.4) is 0 Å². The van der Waals surface area contributed by atoms with Gasteiger partial charge in [-0.1, -0.05) is 24.3 Å². The van der Waals surface area contributed by atoms with Crippen LogP contribution in [0.2, 0.25) is 0 Å². The van der Waals surface area contributed by atoms with E-state index in [1.54, 1.807) is 54.9 Å². The average Bonchev–Trinajstić information content (AvgIpc) is 3.46. The molecule has 0 aliphatic carbocycles. The van der Waals surface area contributed by atoms with Crippen LogP contribution in [-0.2, 0) is 0 Å². The molecule has 0 radical (unpaired) electrons. The predicted molar refractivity (Wildman–Crippen MR) is 120 cm³/mol. The van der Waals surface area contributed by atoms with Crippen LogP contribution in [0, 0.1) is 0 Å². The minimum Gasteiger partial charge on any atom is -0.321 e. The molecule has 0 aliphatic heterocycles. The van der Waals surface area contributed by atoms with Gasteiger partial charge in [0, 0.05) is 6.04 Å². The van der Waals surface area contributed by atoms with Crippen LogP contribution in [0.15, 0.2) is 66.3 Å². The SMILES string of the molecule is CC(C)n1cnnc1-c1cccc(NC(=O)c2ccccc2NC(=O)c2cccs2)n1. The third-order valence-electron chi connectivity index (χ3n) is 4.51. The Morgan fingerprint density at radius 3 is 2.58 bits per heavy atom. The summed E-state index contributed by atoms with van der Waals surface area (Å²) in [6, 6.07) is 15.9. The first kappa shape index (κ1) is 20.4. The maximum atomic E-state index is 12.9. The molecular formula is C22H20N6O2S. The first-order valence-electron chi connectivity index (χ1n) is 9.65. The van der Waals surface area contributed by atoms with E-state index in [2.05, 4.69) is 25.8 Å². The quantitative estimate of drug-likeness (QED) is 0.467. The van der Waals surface area contributed by atoms with Gasteiger partial charge in [-0.15, -0.1) is 21.5 Å². The molecule has 0 unspecified atom stereocenters. The van der Waals surface area contributed by atoms with Crippen LogP contribution in [-0.4, -0.2) is 31.6 Å². The van der Waals surface area contributed by atoms with Crippen molar-refractivity contribution in [3.05, 3.63) is 76.7 Å². The number of amides is 2. The average molecular weight is 433 g/mol. The number of anilines is 2. The van der Waals surface area contributed by atoms with Gasteiger partial charge in [0.2, 0.25) is 0 Å². The van der Waals surface area contributed by atoms with Crippen LogP contribution in [0.25, 0.3) is 11.5 Å². The van der Waals surface area contributed by atoms with Crippen LogP contribution < -0.4 is 10.6 Å². The summed E-state index contributed by atoms with van der Waals surface area (Å²) in [4.78, 5) is 30.4. The normalized spacial score (nSPS) is 10.8. The van der Waals surface area contributed by atoms with E-state index in [9.17, 15) is 9.59 Å². The highest BCUT2D eigenvalue weighted by molar-refractivity contribution is 7.12. The molecule has 8 nitrogen and oxygen atoms in total. The van der Waals surface area contributed by atoms with E-state index in [0.717, 1.165) is 0 Å². The Balaban J connectivity index is 1.56. The maximum absolute atomic E-state index is 12.9. The van der Waals surface area contributed by atoms with E-state index in [1.807, 2.05) is 29.9 Å². The van der Waals surface area contributed by atoms with Crippen LogP contribution in [0.4, 0.5) is 11.5 Å². The molecule has 4 aromatic rings. The fourth-order valence-corrected chi connectivity index (χ4v) is 3.62. The minimum absolute atomic E-state index is 0.170. The second kappa shape index (κ2) is 8.88. The maximum Gasteiger partial charge on any atom is 0.265 e. The van der Waals surface area contributed by atoms with E-state index in [4.69, 9.17) is 0 Å². The number of nitrogens with zero attached hydrogens (tertiary/aromatic N) is 4. The van der Waals surface area contributed by atoms with Crippen molar-refractivity contribution in [1.29, 1.82) is 0 Å². The molecule has 2 amide bonds. The molecule has 0 atom stereocenters. The van der Waals surface area contributed by atoms with Crippen molar-refractivity contribution in [2.45, 2.75) is 19.9 Å². The highest BCUT2D eigenvalue weighted by Crippen LogP contribution is 2.22. The fourth-order valence-electron chi connectivity index (χ4n) is 3.00. The number of thiophene rings is 1. The first-order valence-corrected chi connectivity index (χ1v) is 10.5. The van der Waals surface area contributed by atoms with E-state index in [1.165, 1.54) is 11.3 Å². The fraction of sp³-hybridized carbons (Fsp3) is 0.136. The predicted octanol–water partition coefficient (Wildman–Crippen LogP) is 4.49. The lowest BCUT2D eigenvalue weighted by molar-refractivity contribution is 0.102. The molecule has 31 heavy (non-hydrogen) atoms. The number of pyridine rings is 1. The molecule has 4 rings (SSSR count). The van der Waals surface area contributed by atoms with Gasteiger partial charge in [-0.25, -0.2) is 4.98 Å². The lowest BCUT2D eigenvalue weighted by atomic mass is 10.1. The molecule has 0 spiro atoms. The molecule has 9 heteroatoms. The van der Waals surface area contributed by atoms with Gasteiger partial charge in [0.15, 0.2) is 5.82 Å². The number of hydrogen-bond acceptors (Lipinski definition) is 6. The third kappa shape index (κ3) is 4.51. The highest BCUT2D eigenvalue weighted by atomic mass is 32.1. The Labute approximate surface area is 183 Å². The molecule has 1 aromatic carbocycles. The van der Waals surface area contributed by atoms with E-state index in [0.29, 0.717) is 33.5 Å². The van der Waals surface area contributed by atoms with Gasteiger partial charge in [0.25, 0.3) is 11.8 Å². The number of aromatic nitrogens is 4. The van der Waals surface area contributed by atoms with E-state index >= 15 is 0 Å². The molecule has 156 valence electrons. The summed E-state index contributed by atoms with van der Waals surface area (Å²) >= 11 is 1.33. The Morgan fingerprint density at radius 1 is 0.968 bits per heavy atom. The van der Waals surface area contributed by atoms with Crippen LogP contribution in [0.5, 0.6) is 0 Å². The molecule has 0 saturated heterocycles. The molecule has 3 aromatic heterocycles. The number of rotatable bonds is 6. The van der Waals surface area contributed by atoms with Gasteiger partial charge in [0.1, 0.15) is 17.8 Å². The molecular weight excluding hydrogens is 412 g/mol. The van der Waals surface area contributed by atoms with Crippen molar-refractivity contribution in [2.75, 3.05) is 10.6 Å². The van der Waals surface area contributed by atoms with Crippen molar-refractivity contribution >= 4 is 34.7 Å². The van der Waals surface area contributed by atoms with E-state index < -0.39 is 0 Å². The lowest BCUT2D eigenvalue weighted by Gasteiger charge is -2.12. The molecule has 2 N–H and O–H groups in total. The van der Waals surface area contributed by atoms with Gasteiger partial charge in [-0.2, -0.15) is 0 Å². The van der Waals surface area contributed by atoms with Crippen LogP contribution >= 0.6 is 11.3 Å². The summed E-state index contributed by atoms with van der Waals surface area (Å²) < 4.78 is 1.91. The second-order valence-electron chi connectivity index (χ2n) is 6.99. The smallest absolute Gasteiger partial charge is 0.265 e. The zero-order valence-corrected chi connectivity index (χ0v) is 17.8. The van der Waals surface area contributed by atoms with Gasteiger partial charge in [0.05, 0.1) is 16.1 Å². The monoisotopic (exact) mass is 432 g/mol. The number of hydrogen-bond donors (Lipinski definition) is 2. The Morgan fingerprint density at radius 2 is 1.81 bits per heavy atom. The third-order valence-corrected chi connectivity index (χ3v) is 5.38. The topological polar surface area (TPSA) is 102 Å². The summed E-state index contributed by atoms with van der Waals surface area (Å²) in [5.41, 5.74) is 1.36. The summed E-state index contributed by atoms with van der Waals surface area (Å²) in [7, 11) is 0. The summed E-state index contributed by atoms with van der Waals surface area (Å²) in [5.74, 6) is 0.357. The Kier molecular flexibility index (Phi) is 5.85. The Hall–Kier alpha value is -3.85. The van der Waals surface area contributed by atoms with Gasteiger partial charge >= 0.3 is 0 Å². The molecule has 0 aliphatic rings. The highest BCUT2D eigenvalue weighted by Gasteiger charge is 2.16. The van der Waals surface area contributed by atoms with Crippen LogP contribution in [0.1, 0.15) is 39.9 Å². The standard InChI is InChI=1S/C22H20N6O2S/c1-14(2)28-13-23-27-20(28)17-9-5-11-19(24-17)26-21(29)15-7-3-4-8-16(15)25-22(30)18-10-6-12-31-18/h3-14H,1-2H3,(H,25,30)(H,24,26,29). The number of nitrogens with one attached hydrogen (secondary N) is 2. The molecule has 3 heterocycles. The van der Waals surface area contributed by atoms with E-state index in [-0.39, 0.29) is 17.9 Å². The second-order valence-corrected chi connectivity index (χ2v) is 7.94. The zero-order valence-electron chi connectivity index (χ0n) is 16.9. The summed E-state index contributed by atoms with van der Waals surface area (Å²) in [6.07, 6.45) is 1.65. The summed E-state index contributed by atoms with van der Waals surface area (Å²) in [6.45, 7) is 4.06. The Bertz CT molecular complexity index is 1220. The first-order chi connectivity index (χ1) is 15.0.